The summed E-state index contributed by atoms with van der Waals surface area (Å²) in [7, 11) is 4.00. The van der Waals surface area contributed by atoms with Gasteiger partial charge in [0, 0.05) is 25.8 Å². The average molecular weight is 254 g/mol. The van der Waals surface area contributed by atoms with Crippen LogP contribution in [0.2, 0.25) is 0 Å². The summed E-state index contributed by atoms with van der Waals surface area (Å²) in [6.07, 6.45) is 0. The first-order valence-electron chi connectivity index (χ1n) is 5.97. The molecule has 0 bridgehead atoms. The molecule has 0 radical (unpaired) electrons. The first-order valence-corrected chi connectivity index (χ1v) is 5.97. The van der Waals surface area contributed by atoms with E-state index >= 15 is 0 Å². The summed E-state index contributed by atoms with van der Waals surface area (Å²) >= 11 is 0. The normalized spacial score (nSPS) is 10.8. The molecule has 0 aliphatic heterocycles. The van der Waals surface area contributed by atoms with E-state index in [1.54, 1.807) is 23.0 Å². The monoisotopic (exact) mass is 254 g/mol. The minimum absolute atomic E-state index is 0.197. The molecule has 0 saturated carbocycles. The summed E-state index contributed by atoms with van der Waals surface area (Å²) in [5.74, 6) is 0.197. The molecule has 1 N–H and O–H groups in total. The van der Waals surface area contributed by atoms with Crippen LogP contribution < -0.4 is 4.90 Å². The van der Waals surface area contributed by atoms with Crippen LogP contribution in [0.25, 0.3) is 16.7 Å². The van der Waals surface area contributed by atoms with Gasteiger partial charge in [-0.1, -0.05) is 0 Å². The van der Waals surface area contributed by atoms with E-state index in [0.717, 1.165) is 16.9 Å². The molecule has 2 aromatic carbocycles. The van der Waals surface area contributed by atoms with E-state index < -0.39 is 0 Å². The van der Waals surface area contributed by atoms with Crippen molar-refractivity contribution >= 4 is 16.7 Å². The molecular weight excluding hydrogens is 240 g/mol. The smallest absolute Gasteiger partial charge is 0.117 e. The molecule has 0 atom stereocenters. The van der Waals surface area contributed by atoms with Gasteiger partial charge < -0.3 is 10.0 Å². The highest BCUT2D eigenvalue weighted by molar-refractivity contribution is 5.75. The third-order valence-electron chi connectivity index (χ3n) is 2.96. The lowest BCUT2D eigenvalue weighted by atomic mass is 10.3. The molecule has 5 heteroatoms. The second kappa shape index (κ2) is 4.28. The Morgan fingerprint density at radius 2 is 1.63 bits per heavy atom. The van der Waals surface area contributed by atoms with Crippen molar-refractivity contribution in [3.05, 3.63) is 42.5 Å². The minimum Gasteiger partial charge on any atom is -0.508 e. The number of anilines is 1. The van der Waals surface area contributed by atoms with Gasteiger partial charge in [-0.2, -0.15) is 4.80 Å². The van der Waals surface area contributed by atoms with E-state index in [1.807, 2.05) is 43.3 Å². The van der Waals surface area contributed by atoms with Crippen molar-refractivity contribution < 1.29 is 5.11 Å². The topological polar surface area (TPSA) is 54.2 Å². The number of benzene rings is 2. The maximum Gasteiger partial charge on any atom is 0.117 e. The van der Waals surface area contributed by atoms with Crippen molar-refractivity contribution in [2.24, 2.45) is 0 Å². The fourth-order valence-electron chi connectivity index (χ4n) is 1.90. The van der Waals surface area contributed by atoms with E-state index in [0.29, 0.717) is 5.52 Å². The number of aromatic hydroxyl groups is 1. The van der Waals surface area contributed by atoms with Gasteiger partial charge in [0.1, 0.15) is 16.8 Å². The third-order valence-corrected chi connectivity index (χ3v) is 2.96. The quantitative estimate of drug-likeness (QED) is 0.761. The zero-order chi connectivity index (χ0) is 13.4. The molecule has 0 saturated heterocycles. The Morgan fingerprint density at radius 1 is 0.947 bits per heavy atom. The maximum atomic E-state index is 9.42. The Balaban J connectivity index is 2.03. The average Bonchev–Trinajstić information content (AvgIpc) is 2.81. The lowest BCUT2D eigenvalue weighted by Gasteiger charge is -2.12. The van der Waals surface area contributed by atoms with Gasteiger partial charge in [0.2, 0.25) is 0 Å². The van der Waals surface area contributed by atoms with Crippen molar-refractivity contribution in [1.29, 1.82) is 0 Å². The molecule has 0 amide bonds. The van der Waals surface area contributed by atoms with Gasteiger partial charge >= 0.3 is 0 Å². The number of phenols is 1. The number of hydrogen-bond donors (Lipinski definition) is 1. The molecule has 5 nitrogen and oxygen atoms in total. The Labute approximate surface area is 110 Å². The number of phenolic OH excluding ortho intramolecular Hbond substituents is 1. The van der Waals surface area contributed by atoms with E-state index in [9.17, 15) is 5.11 Å². The van der Waals surface area contributed by atoms with Gasteiger partial charge in [-0.25, -0.2) is 0 Å². The number of hydrogen-bond acceptors (Lipinski definition) is 4. The number of fused-ring (bicyclic) bond motifs is 1. The largest absolute Gasteiger partial charge is 0.508 e. The van der Waals surface area contributed by atoms with Crippen molar-refractivity contribution in [2.75, 3.05) is 19.0 Å². The first kappa shape index (κ1) is 11.5. The summed E-state index contributed by atoms with van der Waals surface area (Å²) in [4.78, 5) is 3.61. The molecule has 3 rings (SSSR count). The highest BCUT2D eigenvalue weighted by Gasteiger charge is 2.05. The molecule has 96 valence electrons. The van der Waals surface area contributed by atoms with Crippen LogP contribution >= 0.6 is 0 Å². The van der Waals surface area contributed by atoms with Crippen LogP contribution in [0.4, 0.5) is 5.69 Å². The maximum absolute atomic E-state index is 9.42. The lowest BCUT2D eigenvalue weighted by Crippen LogP contribution is -2.08. The molecular formula is C14H14N4O. The van der Waals surface area contributed by atoms with Gasteiger partial charge in [0.25, 0.3) is 0 Å². The zero-order valence-electron chi connectivity index (χ0n) is 10.8. The highest BCUT2D eigenvalue weighted by Crippen LogP contribution is 2.19. The second-order valence-corrected chi connectivity index (χ2v) is 4.57. The summed E-state index contributed by atoms with van der Waals surface area (Å²) in [5, 5.41) is 18.2. The number of rotatable bonds is 2. The predicted molar refractivity (Wildman–Crippen MR) is 74.9 cm³/mol. The molecule has 0 aliphatic rings. The fourth-order valence-corrected chi connectivity index (χ4v) is 1.90. The molecule has 19 heavy (non-hydrogen) atoms. The molecule has 3 aromatic rings. The molecule has 1 aromatic heterocycles. The summed E-state index contributed by atoms with van der Waals surface area (Å²) in [6, 6.07) is 12.9. The van der Waals surface area contributed by atoms with Crippen molar-refractivity contribution in [1.82, 2.24) is 15.0 Å². The van der Waals surface area contributed by atoms with Gasteiger partial charge in [0.05, 0.1) is 5.69 Å². The first-order chi connectivity index (χ1) is 9.13. The van der Waals surface area contributed by atoms with Gasteiger partial charge in [-0.15, -0.1) is 10.2 Å². The Morgan fingerprint density at radius 3 is 2.32 bits per heavy atom. The van der Waals surface area contributed by atoms with Crippen LogP contribution in [0.15, 0.2) is 42.5 Å². The lowest BCUT2D eigenvalue weighted by molar-refractivity contribution is 0.476. The third kappa shape index (κ3) is 2.10. The molecule has 1 heterocycles. The van der Waals surface area contributed by atoms with Crippen LogP contribution in [0.3, 0.4) is 0 Å². The van der Waals surface area contributed by atoms with E-state index in [4.69, 9.17) is 0 Å². The SMILES string of the molecule is CN(C)c1ccc(-n2nc3ccc(O)cc3n2)cc1. The van der Waals surface area contributed by atoms with E-state index in [2.05, 4.69) is 10.2 Å². The predicted octanol–water partition coefficient (Wildman–Crippen LogP) is 2.19. The van der Waals surface area contributed by atoms with E-state index in [-0.39, 0.29) is 5.75 Å². The Kier molecular flexibility index (Phi) is 2.59. The molecule has 0 unspecified atom stereocenters. The number of aromatic nitrogens is 3. The number of nitrogens with zero attached hydrogens (tertiary/aromatic N) is 4. The van der Waals surface area contributed by atoms with Crippen molar-refractivity contribution in [2.45, 2.75) is 0 Å². The molecule has 0 aliphatic carbocycles. The van der Waals surface area contributed by atoms with Crippen LogP contribution in [-0.4, -0.2) is 34.2 Å². The second-order valence-electron chi connectivity index (χ2n) is 4.57. The minimum atomic E-state index is 0.197. The molecule has 0 spiro atoms. The summed E-state index contributed by atoms with van der Waals surface area (Å²) in [5.41, 5.74) is 3.45. The summed E-state index contributed by atoms with van der Waals surface area (Å²) in [6.45, 7) is 0. The van der Waals surface area contributed by atoms with Crippen LogP contribution in [0, 0.1) is 0 Å². The van der Waals surface area contributed by atoms with Gasteiger partial charge in [-0.05, 0) is 36.4 Å². The summed E-state index contributed by atoms with van der Waals surface area (Å²) < 4.78 is 0. The van der Waals surface area contributed by atoms with Gasteiger partial charge in [-0.3, -0.25) is 0 Å². The standard InChI is InChI=1S/C14H14N4O/c1-17(2)10-3-5-11(6-4-10)18-15-13-8-7-12(19)9-14(13)16-18/h3-9,19H,1-2H3. The zero-order valence-corrected chi connectivity index (χ0v) is 10.8. The Bertz CT molecular complexity index is 716. The van der Waals surface area contributed by atoms with E-state index in [1.165, 1.54) is 0 Å². The van der Waals surface area contributed by atoms with Crippen molar-refractivity contribution in [3.8, 4) is 11.4 Å². The Hall–Kier alpha value is -2.56. The van der Waals surface area contributed by atoms with Gasteiger partial charge in [0.15, 0.2) is 0 Å². The van der Waals surface area contributed by atoms with Crippen LogP contribution in [0.5, 0.6) is 5.75 Å². The highest BCUT2D eigenvalue weighted by atomic mass is 16.3. The van der Waals surface area contributed by atoms with Crippen LogP contribution in [-0.2, 0) is 0 Å². The van der Waals surface area contributed by atoms with Crippen LogP contribution in [0.1, 0.15) is 0 Å². The van der Waals surface area contributed by atoms with Crippen molar-refractivity contribution in [3.63, 3.8) is 0 Å². The molecule has 0 fully saturated rings. The fraction of sp³-hybridized carbons (Fsp3) is 0.143.